The number of nitrogens with zero attached hydrogens (tertiary/aromatic N) is 2. The first kappa shape index (κ1) is 18.4. The van der Waals surface area contributed by atoms with E-state index < -0.39 is 10.8 Å². The third kappa shape index (κ3) is 5.54. The molecule has 1 fully saturated rings. The van der Waals surface area contributed by atoms with Crippen molar-refractivity contribution in [2.24, 2.45) is 0 Å². The summed E-state index contributed by atoms with van der Waals surface area (Å²) in [7, 11) is -0.701. The zero-order valence-electron chi connectivity index (χ0n) is 14.6. The van der Waals surface area contributed by atoms with Gasteiger partial charge in [0.05, 0.1) is 12.4 Å². The Hall–Kier alpha value is -1.40. The molecular weight excluding hydrogens is 350 g/mol. The molecule has 4 nitrogen and oxygen atoms in total. The van der Waals surface area contributed by atoms with Gasteiger partial charge in [0.15, 0.2) is 0 Å². The van der Waals surface area contributed by atoms with Gasteiger partial charge in [-0.1, -0.05) is 43.7 Å². The highest BCUT2D eigenvalue weighted by Crippen LogP contribution is 2.26. The Morgan fingerprint density at radius 1 is 1.24 bits per heavy atom. The average molecular weight is 376 g/mol. The lowest BCUT2D eigenvalue weighted by Gasteiger charge is -2.29. The molecule has 1 aliphatic rings. The van der Waals surface area contributed by atoms with Gasteiger partial charge in [0.2, 0.25) is 0 Å². The van der Waals surface area contributed by atoms with Crippen molar-refractivity contribution in [2.75, 3.05) is 11.1 Å². The fourth-order valence-corrected chi connectivity index (χ4v) is 5.33. The Morgan fingerprint density at radius 2 is 2.08 bits per heavy atom. The van der Waals surface area contributed by atoms with E-state index in [1.807, 2.05) is 19.2 Å². The van der Waals surface area contributed by atoms with E-state index in [-0.39, 0.29) is 0 Å². The molecule has 0 bridgehead atoms. The molecule has 1 saturated carbocycles. The normalized spacial score (nSPS) is 21.6. The third-order valence-corrected chi connectivity index (χ3v) is 7.19. The second kappa shape index (κ2) is 9.34. The molecule has 1 aromatic heterocycles. The van der Waals surface area contributed by atoms with Crippen molar-refractivity contribution >= 4 is 28.4 Å². The molecule has 0 radical (unpaired) electrons. The molecule has 0 saturated heterocycles. The third-order valence-electron chi connectivity index (χ3n) is 4.48. The van der Waals surface area contributed by atoms with Crippen LogP contribution in [0.5, 0.6) is 0 Å². The average Bonchev–Trinajstić information content (AvgIpc) is 2.67. The molecule has 1 heterocycles. The van der Waals surface area contributed by atoms with Gasteiger partial charge in [-0.3, -0.25) is 9.19 Å². The Morgan fingerprint density at radius 3 is 2.88 bits per heavy atom. The Labute approximate surface area is 156 Å². The van der Waals surface area contributed by atoms with E-state index in [1.54, 1.807) is 18.0 Å². The summed E-state index contributed by atoms with van der Waals surface area (Å²) >= 11 is 1.70. The summed E-state index contributed by atoms with van der Waals surface area (Å²) in [5, 5.41) is 4.76. The maximum atomic E-state index is 12.1. The van der Waals surface area contributed by atoms with Gasteiger partial charge in [-0.2, -0.15) is 0 Å². The van der Waals surface area contributed by atoms with E-state index in [0.29, 0.717) is 11.3 Å². The van der Waals surface area contributed by atoms with Gasteiger partial charge in [-0.05, 0) is 24.8 Å². The van der Waals surface area contributed by atoms with Crippen molar-refractivity contribution in [1.82, 2.24) is 9.97 Å². The number of nitrogens with one attached hydrogen (secondary N) is 1. The van der Waals surface area contributed by atoms with E-state index in [0.717, 1.165) is 48.0 Å². The molecule has 2 aromatic rings. The summed E-state index contributed by atoms with van der Waals surface area (Å²) in [5.74, 6) is 2.47. The minimum Gasteiger partial charge on any atom is -0.366 e. The Kier molecular flexibility index (Phi) is 6.87. The minimum absolute atomic E-state index is 0.319. The molecule has 1 aromatic carbocycles. The lowest BCUT2D eigenvalue weighted by molar-refractivity contribution is 0.464. The number of thioether (sulfide) groups is 1. The summed E-state index contributed by atoms with van der Waals surface area (Å²) in [6.45, 7) is 2.01. The van der Waals surface area contributed by atoms with Crippen molar-refractivity contribution in [3.05, 3.63) is 48.3 Å². The topological polar surface area (TPSA) is 54.9 Å². The quantitative estimate of drug-likeness (QED) is 0.733. The van der Waals surface area contributed by atoms with Crippen LogP contribution in [0.15, 0.2) is 47.8 Å². The smallest absolute Gasteiger partial charge is 0.146 e. The van der Waals surface area contributed by atoms with E-state index >= 15 is 0 Å². The summed E-state index contributed by atoms with van der Waals surface area (Å²) in [6, 6.07) is 10.7. The monoisotopic (exact) mass is 375 g/mol. The lowest BCUT2D eigenvalue weighted by atomic mass is 9.95. The van der Waals surface area contributed by atoms with Gasteiger partial charge in [0.25, 0.3) is 0 Å². The molecule has 1 aliphatic carbocycles. The maximum absolute atomic E-state index is 12.1. The number of anilines is 1. The number of hydrogen-bond donors (Lipinski definition) is 1. The molecule has 134 valence electrons. The largest absolute Gasteiger partial charge is 0.366 e. The first-order chi connectivity index (χ1) is 12.2. The van der Waals surface area contributed by atoms with E-state index in [4.69, 9.17) is 0 Å². The SMILES string of the molecule is CCS(=O)C1CCCC(Nc2cncc(SCc3ccccc3)n2)C1. The lowest BCUT2D eigenvalue weighted by Crippen LogP contribution is -2.33. The van der Waals surface area contributed by atoms with Crippen LogP contribution in [0.2, 0.25) is 0 Å². The molecular formula is C19H25N3OS2. The van der Waals surface area contributed by atoms with Crippen molar-refractivity contribution in [3.63, 3.8) is 0 Å². The fourth-order valence-electron chi connectivity index (χ4n) is 3.18. The van der Waals surface area contributed by atoms with Gasteiger partial charge < -0.3 is 5.32 Å². The second-order valence-electron chi connectivity index (χ2n) is 6.32. The standard InChI is InChI=1S/C19H25N3OS2/c1-2-25(23)17-10-6-9-16(11-17)21-18-12-20-13-19(22-18)24-14-15-7-4-3-5-8-15/h3-5,7-8,12-13,16-17H,2,6,9-11,14H2,1H3,(H,21,22). The predicted octanol–water partition coefficient (Wildman–Crippen LogP) is 4.26. The van der Waals surface area contributed by atoms with Crippen molar-refractivity contribution in [1.29, 1.82) is 0 Å². The zero-order valence-corrected chi connectivity index (χ0v) is 16.2. The van der Waals surface area contributed by atoms with Crippen LogP contribution in [0.1, 0.15) is 38.2 Å². The predicted molar refractivity (Wildman–Crippen MR) is 106 cm³/mol. The van der Waals surface area contributed by atoms with Crippen LogP contribution in [0.25, 0.3) is 0 Å². The first-order valence-electron chi connectivity index (χ1n) is 8.87. The van der Waals surface area contributed by atoms with Crippen LogP contribution in [0.4, 0.5) is 5.82 Å². The van der Waals surface area contributed by atoms with Crippen LogP contribution < -0.4 is 5.32 Å². The van der Waals surface area contributed by atoms with Gasteiger partial charge in [-0.15, -0.1) is 11.8 Å². The van der Waals surface area contributed by atoms with Crippen molar-refractivity contribution < 1.29 is 4.21 Å². The van der Waals surface area contributed by atoms with Crippen LogP contribution in [-0.2, 0) is 16.6 Å². The summed E-state index contributed by atoms with van der Waals surface area (Å²) in [4.78, 5) is 9.01. The van der Waals surface area contributed by atoms with Crippen LogP contribution in [0, 0.1) is 0 Å². The molecule has 0 aliphatic heterocycles. The molecule has 1 N–H and O–H groups in total. The van der Waals surface area contributed by atoms with E-state index in [1.165, 1.54) is 5.56 Å². The zero-order chi connectivity index (χ0) is 17.5. The van der Waals surface area contributed by atoms with Gasteiger partial charge in [-0.25, -0.2) is 4.98 Å². The number of benzene rings is 1. The van der Waals surface area contributed by atoms with Gasteiger partial charge in [0.1, 0.15) is 10.8 Å². The molecule has 25 heavy (non-hydrogen) atoms. The minimum atomic E-state index is -0.701. The molecule has 6 heteroatoms. The molecule has 3 atom stereocenters. The molecule has 3 rings (SSSR count). The van der Waals surface area contributed by atoms with Crippen LogP contribution in [-0.4, -0.2) is 31.2 Å². The summed E-state index contributed by atoms with van der Waals surface area (Å²) in [6.07, 6.45) is 7.88. The summed E-state index contributed by atoms with van der Waals surface area (Å²) in [5.41, 5.74) is 1.28. The van der Waals surface area contributed by atoms with E-state index in [2.05, 4.69) is 39.6 Å². The highest BCUT2D eigenvalue weighted by atomic mass is 32.2. The fraction of sp³-hybridized carbons (Fsp3) is 0.474. The number of hydrogen-bond acceptors (Lipinski definition) is 5. The number of aromatic nitrogens is 2. The Bertz CT molecular complexity index is 696. The molecule has 3 unspecified atom stereocenters. The van der Waals surface area contributed by atoms with Gasteiger partial charge >= 0.3 is 0 Å². The van der Waals surface area contributed by atoms with Crippen molar-refractivity contribution in [2.45, 2.75) is 54.7 Å². The van der Waals surface area contributed by atoms with Gasteiger partial charge in [0, 0.05) is 33.6 Å². The summed E-state index contributed by atoms with van der Waals surface area (Å²) < 4.78 is 12.1. The first-order valence-corrected chi connectivity index (χ1v) is 11.2. The van der Waals surface area contributed by atoms with Crippen molar-refractivity contribution in [3.8, 4) is 0 Å². The number of rotatable bonds is 7. The maximum Gasteiger partial charge on any atom is 0.146 e. The molecule has 0 spiro atoms. The van der Waals surface area contributed by atoms with Crippen LogP contribution >= 0.6 is 11.8 Å². The van der Waals surface area contributed by atoms with E-state index in [9.17, 15) is 4.21 Å². The van der Waals surface area contributed by atoms with Crippen LogP contribution in [0.3, 0.4) is 0 Å². The molecule has 0 amide bonds. The highest BCUT2D eigenvalue weighted by Gasteiger charge is 2.25. The highest BCUT2D eigenvalue weighted by molar-refractivity contribution is 7.98. The Balaban J connectivity index is 1.57. The second-order valence-corrected chi connectivity index (χ2v) is 9.32.